The molecule has 3 nitrogen and oxygen atoms in total. The minimum atomic E-state index is 0.473. The van der Waals surface area contributed by atoms with E-state index in [1.807, 2.05) is 36.0 Å². The molecule has 1 saturated heterocycles. The maximum absolute atomic E-state index is 5.71. The van der Waals surface area contributed by atoms with Gasteiger partial charge in [0.05, 0.1) is 13.2 Å². The average molecular weight is 239 g/mol. The summed E-state index contributed by atoms with van der Waals surface area (Å²) < 4.78 is 10.8. The Morgan fingerprint density at radius 2 is 2.06 bits per heavy atom. The van der Waals surface area contributed by atoms with Crippen LogP contribution in [0.5, 0.6) is 11.5 Å². The third-order valence-corrected chi connectivity index (χ3v) is 3.64. The van der Waals surface area contributed by atoms with Crippen LogP contribution < -0.4 is 14.8 Å². The lowest BCUT2D eigenvalue weighted by Gasteiger charge is -2.23. The molecule has 1 aliphatic rings. The summed E-state index contributed by atoms with van der Waals surface area (Å²) in [6, 6.07) is 8.18. The molecule has 1 N–H and O–H groups in total. The van der Waals surface area contributed by atoms with Gasteiger partial charge in [-0.15, -0.1) is 0 Å². The smallest absolute Gasteiger partial charge is 0.119 e. The molecule has 1 aliphatic heterocycles. The first-order chi connectivity index (χ1) is 7.88. The highest BCUT2D eigenvalue weighted by Gasteiger charge is 2.13. The lowest BCUT2D eigenvalue weighted by molar-refractivity contribution is 0.275. The van der Waals surface area contributed by atoms with Crippen LogP contribution in [-0.4, -0.2) is 37.8 Å². The second kappa shape index (κ2) is 6.01. The molecule has 0 spiro atoms. The van der Waals surface area contributed by atoms with Crippen LogP contribution in [-0.2, 0) is 0 Å². The van der Waals surface area contributed by atoms with Gasteiger partial charge in [-0.05, 0) is 24.3 Å². The van der Waals surface area contributed by atoms with Gasteiger partial charge in [0.2, 0.25) is 0 Å². The molecule has 0 bridgehead atoms. The topological polar surface area (TPSA) is 30.5 Å². The van der Waals surface area contributed by atoms with E-state index in [1.165, 1.54) is 5.75 Å². The molecule has 0 aromatic heterocycles. The van der Waals surface area contributed by atoms with Crippen molar-refractivity contribution >= 4 is 11.8 Å². The van der Waals surface area contributed by atoms with Crippen molar-refractivity contribution in [1.82, 2.24) is 5.32 Å². The summed E-state index contributed by atoms with van der Waals surface area (Å²) in [6.45, 7) is 1.82. The molecule has 1 aromatic carbocycles. The molecule has 0 saturated carbocycles. The molecule has 1 heterocycles. The summed E-state index contributed by atoms with van der Waals surface area (Å²) in [5.74, 6) is 4.10. The van der Waals surface area contributed by atoms with Crippen LogP contribution in [0.1, 0.15) is 0 Å². The van der Waals surface area contributed by atoms with Gasteiger partial charge in [0.15, 0.2) is 0 Å². The Balaban J connectivity index is 1.79. The minimum absolute atomic E-state index is 0.473. The predicted octanol–water partition coefficient (Wildman–Crippen LogP) is 1.78. The Bertz CT molecular complexity index is 309. The summed E-state index contributed by atoms with van der Waals surface area (Å²) in [6.07, 6.45) is 0. The fourth-order valence-electron chi connectivity index (χ4n) is 1.60. The highest BCUT2D eigenvalue weighted by atomic mass is 32.2. The van der Waals surface area contributed by atoms with E-state index in [1.54, 1.807) is 7.11 Å². The maximum atomic E-state index is 5.71. The molecule has 1 unspecified atom stereocenters. The molecule has 0 aliphatic carbocycles. The lowest BCUT2D eigenvalue weighted by Crippen LogP contribution is -2.41. The Morgan fingerprint density at radius 1 is 1.31 bits per heavy atom. The van der Waals surface area contributed by atoms with Crippen molar-refractivity contribution in [3.8, 4) is 11.5 Å². The number of thioether (sulfide) groups is 1. The molecule has 16 heavy (non-hydrogen) atoms. The van der Waals surface area contributed by atoms with Gasteiger partial charge in [-0.25, -0.2) is 0 Å². The van der Waals surface area contributed by atoms with Gasteiger partial charge in [-0.3, -0.25) is 0 Å². The summed E-state index contributed by atoms with van der Waals surface area (Å²) in [5.41, 5.74) is 0. The zero-order valence-electron chi connectivity index (χ0n) is 9.44. The van der Waals surface area contributed by atoms with Crippen molar-refractivity contribution in [2.24, 2.45) is 0 Å². The van der Waals surface area contributed by atoms with E-state index < -0.39 is 0 Å². The molecule has 88 valence electrons. The third-order valence-electron chi connectivity index (χ3n) is 2.51. The van der Waals surface area contributed by atoms with Crippen LogP contribution in [0.3, 0.4) is 0 Å². The van der Waals surface area contributed by atoms with Gasteiger partial charge in [0, 0.05) is 18.1 Å². The average Bonchev–Trinajstić information content (AvgIpc) is 2.38. The second-order valence-corrected chi connectivity index (χ2v) is 4.86. The molecular weight excluding hydrogens is 222 g/mol. The molecule has 1 fully saturated rings. The van der Waals surface area contributed by atoms with Crippen LogP contribution in [0, 0.1) is 0 Å². The number of rotatable bonds is 4. The van der Waals surface area contributed by atoms with Crippen molar-refractivity contribution in [3.05, 3.63) is 24.3 Å². The van der Waals surface area contributed by atoms with E-state index in [0.717, 1.165) is 30.4 Å². The number of nitrogens with one attached hydrogen (secondary N) is 1. The highest BCUT2D eigenvalue weighted by molar-refractivity contribution is 7.99. The van der Waals surface area contributed by atoms with Crippen LogP contribution in [0.4, 0.5) is 0 Å². The predicted molar refractivity (Wildman–Crippen MR) is 67.6 cm³/mol. The molecule has 4 heteroatoms. The fraction of sp³-hybridized carbons (Fsp3) is 0.500. The van der Waals surface area contributed by atoms with E-state index in [2.05, 4.69) is 5.32 Å². The van der Waals surface area contributed by atoms with Crippen molar-refractivity contribution < 1.29 is 9.47 Å². The lowest BCUT2D eigenvalue weighted by atomic mass is 10.3. The Hall–Kier alpha value is -0.870. The fourth-order valence-corrected chi connectivity index (χ4v) is 2.52. The number of methoxy groups -OCH3 is 1. The Morgan fingerprint density at radius 3 is 2.69 bits per heavy atom. The van der Waals surface area contributed by atoms with E-state index in [4.69, 9.17) is 9.47 Å². The first-order valence-corrected chi connectivity index (χ1v) is 6.62. The Kier molecular flexibility index (Phi) is 4.36. The van der Waals surface area contributed by atoms with Crippen molar-refractivity contribution in [2.75, 3.05) is 31.8 Å². The second-order valence-electron chi connectivity index (χ2n) is 3.71. The van der Waals surface area contributed by atoms with Gasteiger partial charge >= 0.3 is 0 Å². The first kappa shape index (κ1) is 11.6. The van der Waals surface area contributed by atoms with Gasteiger partial charge in [0.25, 0.3) is 0 Å². The SMILES string of the molecule is COc1ccc(OCC2CSCCN2)cc1. The van der Waals surface area contributed by atoms with Crippen molar-refractivity contribution in [2.45, 2.75) is 6.04 Å². The van der Waals surface area contributed by atoms with Gasteiger partial charge in [-0.2, -0.15) is 11.8 Å². The normalized spacial score (nSPS) is 20.4. The summed E-state index contributed by atoms with van der Waals surface area (Å²) in [7, 11) is 1.67. The Labute approximate surface area is 101 Å². The number of ether oxygens (including phenoxy) is 2. The van der Waals surface area contributed by atoms with Crippen LogP contribution in [0.15, 0.2) is 24.3 Å². The highest BCUT2D eigenvalue weighted by Crippen LogP contribution is 2.17. The summed E-state index contributed by atoms with van der Waals surface area (Å²) in [4.78, 5) is 0. The molecule has 0 radical (unpaired) electrons. The molecule has 2 rings (SSSR count). The number of hydrogen-bond acceptors (Lipinski definition) is 4. The summed E-state index contributed by atoms with van der Waals surface area (Å²) >= 11 is 1.98. The molecular formula is C12H17NO2S. The van der Waals surface area contributed by atoms with E-state index in [0.29, 0.717) is 6.04 Å². The summed E-state index contributed by atoms with van der Waals surface area (Å²) in [5, 5.41) is 3.44. The van der Waals surface area contributed by atoms with Crippen molar-refractivity contribution in [1.29, 1.82) is 0 Å². The standard InChI is InChI=1S/C12H17NO2S/c1-14-11-2-4-12(5-3-11)15-8-10-9-16-7-6-13-10/h2-5,10,13H,6-9H2,1H3. The number of hydrogen-bond donors (Lipinski definition) is 1. The largest absolute Gasteiger partial charge is 0.497 e. The zero-order valence-corrected chi connectivity index (χ0v) is 10.3. The first-order valence-electron chi connectivity index (χ1n) is 5.46. The third kappa shape index (κ3) is 3.32. The van der Waals surface area contributed by atoms with Crippen LogP contribution >= 0.6 is 11.8 Å². The van der Waals surface area contributed by atoms with E-state index in [9.17, 15) is 0 Å². The van der Waals surface area contributed by atoms with Crippen molar-refractivity contribution in [3.63, 3.8) is 0 Å². The quantitative estimate of drug-likeness (QED) is 0.867. The maximum Gasteiger partial charge on any atom is 0.119 e. The van der Waals surface area contributed by atoms with Crippen LogP contribution in [0.2, 0.25) is 0 Å². The number of benzene rings is 1. The monoisotopic (exact) mass is 239 g/mol. The van der Waals surface area contributed by atoms with E-state index >= 15 is 0 Å². The van der Waals surface area contributed by atoms with Crippen LogP contribution in [0.25, 0.3) is 0 Å². The van der Waals surface area contributed by atoms with Gasteiger partial charge in [0.1, 0.15) is 18.1 Å². The van der Waals surface area contributed by atoms with Gasteiger partial charge < -0.3 is 14.8 Å². The zero-order chi connectivity index (χ0) is 11.2. The molecule has 1 atom stereocenters. The minimum Gasteiger partial charge on any atom is -0.497 e. The molecule has 0 amide bonds. The van der Waals surface area contributed by atoms with Gasteiger partial charge in [-0.1, -0.05) is 0 Å². The van der Waals surface area contributed by atoms with E-state index in [-0.39, 0.29) is 0 Å². The molecule has 1 aromatic rings.